The summed E-state index contributed by atoms with van der Waals surface area (Å²) in [6.45, 7) is 4.44. The van der Waals surface area contributed by atoms with E-state index in [2.05, 4.69) is 6.92 Å². The molecule has 1 aliphatic carbocycles. The van der Waals surface area contributed by atoms with Crippen LogP contribution in [0.1, 0.15) is 58.3 Å². The minimum atomic E-state index is -0.107. The lowest BCUT2D eigenvalue weighted by atomic mass is 9.77. The van der Waals surface area contributed by atoms with Gasteiger partial charge in [0.15, 0.2) is 0 Å². The highest BCUT2D eigenvalue weighted by atomic mass is 16.5. The molecule has 106 valence electrons. The second-order valence-electron chi connectivity index (χ2n) is 5.96. The topological polar surface area (TPSA) is 44.5 Å². The second kappa shape index (κ2) is 6.88. The van der Waals surface area contributed by atoms with Crippen molar-refractivity contribution < 1.29 is 9.47 Å². The SMILES string of the molecule is CCOC1(C(N)CC2CCCCC2)CCOCC1. The molecule has 1 unspecified atom stereocenters. The van der Waals surface area contributed by atoms with Crippen molar-refractivity contribution in [3.8, 4) is 0 Å². The van der Waals surface area contributed by atoms with Crippen LogP contribution in [0.3, 0.4) is 0 Å². The second-order valence-corrected chi connectivity index (χ2v) is 5.96. The number of ether oxygens (including phenoxy) is 2. The number of hydrogen-bond acceptors (Lipinski definition) is 3. The fourth-order valence-corrected chi connectivity index (χ4v) is 3.62. The summed E-state index contributed by atoms with van der Waals surface area (Å²) in [6.07, 6.45) is 10.0. The van der Waals surface area contributed by atoms with E-state index in [0.717, 1.165) is 45.0 Å². The zero-order valence-electron chi connectivity index (χ0n) is 11.8. The summed E-state index contributed by atoms with van der Waals surface area (Å²) in [5, 5.41) is 0. The standard InChI is InChI=1S/C15H29NO2/c1-2-18-15(8-10-17-11-9-15)14(16)12-13-6-4-3-5-7-13/h13-14H,2-12,16H2,1H3. The smallest absolute Gasteiger partial charge is 0.0876 e. The van der Waals surface area contributed by atoms with Gasteiger partial charge in [-0.05, 0) is 19.3 Å². The van der Waals surface area contributed by atoms with Gasteiger partial charge in [-0.25, -0.2) is 0 Å². The van der Waals surface area contributed by atoms with E-state index < -0.39 is 0 Å². The van der Waals surface area contributed by atoms with Crippen LogP contribution in [0, 0.1) is 5.92 Å². The van der Waals surface area contributed by atoms with Crippen LogP contribution in [0.15, 0.2) is 0 Å². The van der Waals surface area contributed by atoms with E-state index in [4.69, 9.17) is 15.2 Å². The van der Waals surface area contributed by atoms with Gasteiger partial charge in [-0.15, -0.1) is 0 Å². The normalized spacial score (nSPS) is 27.0. The van der Waals surface area contributed by atoms with Gasteiger partial charge < -0.3 is 15.2 Å². The number of nitrogens with two attached hydrogens (primary N) is 1. The van der Waals surface area contributed by atoms with Gasteiger partial charge in [0, 0.05) is 38.7 Å². The van der Waals surface area contributed by atoms with Crippen molar-refractivity contribution in [1.29, 1.82) is 0 Å². The molecule has 2 rings (SSSR count). The van der Waals surface area contributed by atoms with Gasteiger partial charge in [0.1, 0.15) is 0 Å². The summed E-state index contributed by atoms with van der Waals surface area (Å²) in [6, 6.07) is 0.185. The summed E-state index contributed by atoms with van der Waals surface area (Å²) in [4.78, 5) is 0. The Bertz CT molecular complexity index is 227. The van der Waals surface area contributed by atoms with Crippen LogP contribution in [0.5, 0.6) is 0 Å². The maximum absolute atomic E-state index is 6.52. The average molecular weight is 255 g/mol. The van der Waals surface area contributed by atoms with E-state index in [1.54, 1.807) is 0 Å². The monoisotopic (exact) mass is 255 g/mol. The summed E-state index contributed by atoms with van der Waals surface area (Å²) >= 11 is 0. The fraction of sp³-hybridized carbons (Fsp3) is 1.00. The van der Waals surface area contributed by atoms with Crippen LogP contribution in [0.2, 0.25) is 0 Å². The molecule has 0 aromatic heterocycles. The van der Waals surface area contributed by atoms with Crippen LogP contribution in [0.4, 0.5) is 0 Å². The molecule has 0 bridgehead atoms. The Morgan fingerprint density at radius 2 is 1.89 bits per heavy atom. The molecule has 18 heavy (non-hydrogen) atoms. The van der Waals surface area contributed by atoms with Crippen LogP contribution >= 0.6 is 0 Å². The summed E-state index contributed by atoms with van der Waals surface area (Å²) < 4.78 is 11.5. The zero-order valence-corrected chi connectivity index (χ0v) is 11.8. The van der Waals surface area contributed by atoms with Crippen molar-refractivity contribution in [3.63, 3.8) is 0 Å². The summed E-state index contributed by atoms with van der Waals surface area (Å²) in [5.41, 5.74) is 6.41. The van der Waals surface area contributed by atoms with E-state index in [1.807, 2.05) is 0 Å². The lowest BCUT2D eigenvalue weighted by molar-refractivity contribution is -0.124. The minimum Gasteiger partial charge on any atom is -0.381 e. The van der Waals surface area contributed by atoms with E-state index >= 15 is 0 Å². The van der Waals surface area contributed by atoms with Gasteiger partial charge in [0.05, 0.1) is 5.60 Å². The molecular formula is C15H29NO2. The van der Waals surface area contributed by atoms with Crippen LogP contribution in [-0.4, -0.2) is 31.5 Å². The molecule has 3 nitrogen and oxygen atoms in total. The van der Waals surface area contributed by atoms with Crippen LogP contribution < -0.4 is 5.73 Å². The third kappa shape index (κ3) is 3.46. The van der Waals surface area contributed by atoms with Crippen molar-refractivity contribution in [2.75, 3.05) is 19.8 Å². The average Bonchev–Trinajstić information content (AvgIpc) is 2.41. The largest absolute Gasteiger partial charge is 0.381 e. The van der Waals surface area contributed by atoms with Crippen molar-refractivity contribution in [2.24, 2.45) is 11.7 Å². The molecule has 3 heteroatoms. The molecule has 1 saturated carbocycles. The van der Waals surface area contributed by atoms with E-state index in [1.165, 1.54) is 32.1 Å². The zero-order chi connectivity index (χ0) is 12.8. The molecule has 0 spiro atoms. The molecule has 2 N–H and O–H groups in total. The molecule has 0 aromatic carbocycles. The Hall–Kier alpha value is -0.120. The van der Waals surface area contributed by atoms with Gasteiger partial charge in [-0.2, -0.15) is 0 Å². The Balaban J connectivity index is 1.91. The highest BCUT2D eigenvalue weighted by molar-refractivity contribution is 4.94. The van der Waals surface area contributed by atoms with Crippen molar-refractivity contribution in [1.82, 2.24) is 0 Å². The maximum atomic E-state index is 6.52. The molecule has 1 saturated heterocycles. The lowest BCUT2D eigenvalue weighted by Gasteiger charge is -2.43. The molecule has 2 aliphatic rings. The third-order valence-corrected chi connectivity index (χ3v) is 4.76. The fourth-order valence-electron chi connectivity index (χ4n) is 3.62. The molecule has 1 heterocycles. The molecule has 0 aromatic rings. The molecule has 2 fully saturated rings. The number of rotatable bonds is 5. The van der Waals surface area contributed by atoms with Crippen LogP contribution in [0.25, 0.3) is 0 Å². The maximum Gasteiger partial charge on any atom is 0.0876 e. The quantitative estimate of drug-likeness (QED) is 0.821. The molecule has 0 amide bonds. The van der Waals surface area contributed by atoms with E-state index in [-0.39, 0.29) is 11.6 Å². The van der Waals surface area contributed by atoms with Gasteiger partial charge in [0.25, 0.3) is 0 Å². The van der Waals surface area contributed by atoms with Gasteiger partial charge >= 0.3 is 0 Å². The first-order chi connectivity index (χ1) is 8.77. The van der Waals surface area contributed by atoms with Crippen molar-refractivity contribution in [2.45, 2.75) is 69.9 Å². The number of hydrogen-bond donors (Lipinski definition) is 1. The molecule has 1 atom stereocenters. The van der Waals surface area contributed by atoms with Gasteiger partial charge in [-0.1, -0.05) is 32.1 Å². The van der Waals surface area contributed by atoms with E-state index in [9.17, 15) is 0 Å². The van der Waals surface area contributed by atoms with E-state index in [0.29, 0.717) is 0 Å². The molecular weight excluding hydrogens is 226 g/mol. The first-order valence-electron chi connectivity index (χ1n) is 7.74. The van der Waals surface area contributed by atoms with Crippen LogP contribution in [-0.2, 0) is 9.47 Å². The summed E-state index contributed by atoms with van der Waals surface area (Å²) in [7, 11) is 0. The molecule has 1 aliphatic heterocycles. The minimum absolute atomic E-state index is 0.107. The molecule has 0 radical (unpaired) electrons. The lowest BCUT2D eigenvalue weighted by Crippen LogP contribution is -2.54. The predicted octanol–water partition coefficient (Wildman–Crippen LogP) is 2.87. The Labute approximate surface area is 111 Å². The third-order valence-electron chi connectivity index (χ3n) is 4.76. The first-order valence-corrected chi connectivity index (χ1v) is 7.74. The highest BCUT2D eigenvalue weighted by Crippen LogP contribution is 2.34. The Morgan fingerprint density at radius 3 is 2.50 bits per heavy atom. The summed E-state index contributed by atoms with van der Waals surface area (Å²) in [5.74, 6) is 0.828. The predicted molar refractivity (Wildman–Crippen MR) is 73.6 cm³/mol. The Morgan fingerprint density at radius 1 is 1.22 bits per heavy atom. The van der Waals surface area contributed by atoms with Crippen molar-refractivity contribution >= 4 is 0 Å². The van der Waals surface area contributed by atoms with Crippen molar-refractivity contribution in [3.05, 3.63) is 0 Å². The van der Waals surface area contributed by atoms with Gasteiger partial charge in [0.2, 0.25) is 0 Å². The highest BCUT2D eigenvalue weighted by Gasteiger charge is 2.40. The first kappa shape index (κ1) is 14.3. The van der Waals surface area contributed by atoms with Gasteiger partial charge in [-0.3, -0.25) is 0 Å². The Kier molecular flexibility index (Phi) is 5.46.